The molecule has 0 saturated heterocycles. The smallest absolute Gasteiger partial charge is 0.342 e. The average Bonchev–Trinajstić information content (AvgIpc) is 3.13. The maximum absolute atomic E-state index is 12.5. The van der Waals surface area contributed by atoms with Crippen LogP contribution >= 0.6 is 11.8 Å². The van der Waals surface area contributed by atoms with Gasteiger partial charge in [0.15, 0.2) is 6.61 Å². The third-order valence-electron chi connectivity index (χ3n) is 3.94. The minimum Gasteiger partial charge on any atom is -0.466 e. The molecule has 7 heteroatoms. The van der Waals surface area contributed by atoms with Gasteiger partial charge >= 0.3 is 5.97 Å². The topological polar surface area (TPSA) is 83.5 Å². The number of nitriles is 1. The Morgan fingerprint density at radius 3 is 2.65 bits per heavy atom. The highest BCUT2D eigenvalue weighted by molar-refractivity contribution is 8.03. The highest BCUT2D eigenvalue weighted by Gasteiger charge is 2.28. The van der Waals surface area contributed by atoms with Gasteiger partial charge in [0.25, 0.3) is 0 Å². The van der Waals surface area contributed by atoms with E-state index in [9.17, 15) is 14.9 Å². The monoisotopic (exact) mass is 368 g/mol. The zero-order valence-electron chi connectivity index (χ0n) is 14.5. The van der Waals surface area contributed by atoms with E-state index >= 15 is 0 Å². The van der Waals surface area contributed by atoms with Crippen molar-refractivity contribution < 1.29 is 18.7 Å². The van der Waals surface area contributed by atoms with Gasteiger partial charge in [0.2, 0.25) is 5.78 Å². The Morgan fingerprint density at radius 2 is 2.04 bits per heavy atom. The Labute approximate surface area is 155 Å². The number of anilines is 1. The van der Waals surface area contributed by atoms with Gasteiger partial charge in [0, 0.05) is 11.9 Å². The number of para-hydroxylation sites is 1. The van der Waals surface area contributed by atoms with Gasteiger partial charge in [-0.05, 0) is 32.0 Å². The molecule has 1 aliphatic heterocycles. The molecule has 1 aromatic heterocycles. The number of carbonyl (C=O) groups is 2. The van der Waals surface area contributed by atoms with Crippen LogP contribution in [0, 0.1) is 25.2 Å². The molecule has 0 N–H and O–H groups in total. The number of hydrogen-bond acceptors (Lipinski definition) is 7. The molecule has 1 aromatic carbocycles. The molecule has 3 rings (SSSR count). The summed E-state index contributed by atoms with van der Waals surface area (Å²) >= 11 is 1.35. The lowest BCUT2D eigenvalue weighted by Crippen LogP contribution is -2.20. The molecule has 132 valence electrons. The van der Waals surface area contributed by atoms with Crippen LogP contribution in [0.4, 0.5) is 5.69 Å². The van der Waals surface area contributed by atoms with Crippen molar-refractivity contribution in [2.45, 2.75) is 18.7 Å². The summed E-state index contributed by atoms with van der Waals surface area (Å²) < 4.78 is 10.4. The van der Waals surface area contributed by atoms with Crippen LogP contribution in [-0.4, -0.2) is 25.4 Å². The number of Topliss-reactive ketones (excluding diaryl/α,β-unsaturated/α-hetero) is 1. The van der Waals surface area contributed by atoms with E-state index in [2.05, 4.69) is 0 Å². The summed E-state index contributed by atoms with van der Waals surface area (Å²) in [5.74, 6) is -0.172. The molecular weight excluding hydrogens is 352 g/mol. The molecule has 0 atom stereocenters. The number of nitrogens with zero attached hydrogens (tertiary/aromatic N) is 2. The Balaban J connectivity index is 1.76. The third kappa shape index (κ3) is 3.24. The lowest BCUT2D eigenvalue weighted by Gasteiger charge is -2.14. The van der Waals surface area contributed by atoms with E-state index in [0.717, 1.165) is 10.6 Å². The number of rotatable bonds is 4. The van der Waals surface area contributed by atoms with Gasteiger partial charge in [-0.25, -0.2) is 4.79 Å². The first kappa shape index (κ1) is 17.8. The van der Waals surface area contributed by atoms with Crippen molar-refractivity contribution in [3.8, 4) is 6.07 Å². The molecule has 0 fully saturated rings. The van der Waals surface area contributed by atoms with E-state index in [4.69, 9.17) is 9.15 Å². The molecule has 0 aliphatic carbocycles. The number of furan rings is 1. The maximum atomic E-state index is 12.5. The Kier molecular flexibility index (Phi) is 4.87. The molecule has 0 unspecified atom stereocenters. The highest BCUT2D eigenvalue weighted by atomic mass is 32.2. The summed E-state index contributed by atoms with van der Waals surface area (Å²) in [5, 5.41) is 9.99. The molecule has 0 saturated carbocycles. The summed E-state index contributed by atoms with van der Waals surface area (Å²) in [6.45, 7) is 2.87. The fraction of sp³-hybridized carbons (Fsp3) is 0.211. The normalized spacial score (nSPS) is 14.6. The second-order valence-corrected chi connectivity index (χ2v) is 6.78. The zero-order chi connectivity index (χ0) is 18.8. The number of thioether (sulfide) groups is 1. The lowest BCUT2D eigenvalue weighted by atomic mass is 10.2. The fourth-order valence-corrected chi connectivity index (χ4v) is 3.83. The second kappa shape index (κ2) is 7.10. The van der Waals surface area contributed by atoms with Gasteiger partial charge in [-0.1, -0.05) is 23.9 Å². The quantitative estimate of drug-likeness (QED) is 0.463. The third-order valence-corrected chi connectivity index (χ3v) is 5.17. The van der Waals surface area contributed by atoms with Gasteiger partial charge in [0.05, 0.1) is 5.69 Å². The first-order valence-electron chi connectivity index (χ1n) is 7.84. The Bertz CT molecular complexity index is 968. The van der Waals surface area contributed by atoms with E-state index in [-0.39, 0.29) is 11.1 Å². The van der Waals surface area contributed by atoms with Gasteiger partial charge in [-0.3, -0.25) is 4.79 Å². The maximum Gasteiger partial charge on any atom is 0.342 e. The molecule has 26 heavy (non-hydrogen) atoms. The molecule has 2 heterocycles. The number of carbonyl (C=O) groups excluding carboxylic acids is 2. The molecule has 0 spiro atoms. The van der Waals surface area contributed by atoms with E-state index in [1.807, 2.05) is 30.3 Å². The molecule has 0 bridgehead atoms. The zero-order valence-corrected chi connectivity index (χ0v) is 15.3. The second-order valence-electron chi connectivity index (χ2n) is 5.75. The first-order valence-corrected chi connectivity index (χ1v) is 8.66. The number of fused-ring (bicyclic) bond motifs is 1. The summed E-state index contributed by atoms with van der Waals surface area (Å²) in [6, 6.07) is 11.1. The van der Waals surface area contributed by atoms with Crippen molar-refractivity contribution in [1.82, 2.24) is 0 Å². The largest absolute Gasteiger partial charge is 0.466 e. The molecular formula is C19H16N2O4S. The summed E-state index contributed by atoms with van der Waals surface area (Å²) in [6.07, 6.45) is 0. The van der Waals surface area contributed by atoms with E-state index in [1.54, 1.807) is 31.9 Å². The van der Waals surface area contributed by atoms with Gasteiger partial charge < -0.3 is 14.1 Å². The van der Waals surface area contributed by atoms with Crippen molar-refractivity contribution in [2.24, 2.45) is 0 Å². The lowest BCUT2D eigenvalue weighted by molar-refractivity contribution is -0.118. The van der Waals surface area contributed by atoms with Crippen LogP contribution in [0.3, 0.4) is 0 Å². The van der Waals surface area contributed by atoms with Crippen molar-refractivity contribution >= 4 is 29.2 Å². The molecule has 0 radical (unpaired) electrons. The number of aryl methyl sites for hydroxylation is 2. The van der Waals surface area contributed by atoms with Crippen LogP contribution in [0.1, 0.15) is 21.9 Å². The van der Waals surface area contributed by atoms with Crippen molar-refractivity contribution in [1.29, 1.82) is 5.26 Å². The van der Waals surface area contributed by atoms with Crippen LogP contribution in [0.25, 0.3) is 0 Å². The standard InChI is InChI=1S/C19H16N2O4S/c1-11-8-13(12(2)25-11)19(23)24-10-16(22)14(9-20)18-21(3)15-6-4-5-7-17(15)26-18/h4-8H,10H2,1-3H3/b18-14+. The van der Waals surface area contributed by atoms with Crippen molar-refractivity contribution in [3.63, 3.8) is 0 Å². The van der Waals surface area contributed by atoms with Crippen LogP contribution in [0.2, 0.25) is 0 Å². The summed E-state index contributed by atoms with van der Waals surface area (Å²) in [7, 11) is 1.79. The van der Waals surface area contributed by atoms with E-state index in [0.29, 0.717) is 16.5 Å². The van der Waals surface area contributed by atoms with Crippen LogP contribution in [0.5, 0.6) is 0 Å². The first-order chi connectivity index (χ1) is 12.4. The number of ketones is 1. The molecule has 6 nitrogen and oxygen atoms in total. The minimum atomic E-state index is -0.647. The predicted molar refractivity (Wildman–Crippen MR) is 96.8 cm³/mol. The fourth-order valence-electron chi connectivity index (χ4n) is 2.67. The van der Waals surface area contributed by atoms with E-state index in [1.165, 1.54) is 11.8 Å². The minimum absolute atomic E-state index is 0.0263. The molecule has 1 aliphatic rings. The van der Waals surface area contributed by atoms with Gasteiger partial charge in [0.1, 0.15) is 33.8 Å². The Morgan fingerprint density at radius 1 is 1.31 bits per heavy atom. The van der Waals surface area contributed by atoms with Crippen LogP contribution < -0.4 is 4.90 Å². The van der Waals surface area contributed by atoms with Crippen molar-refractivity contribution in [2.75, 3.05) is 18.6 Å². The molecule has 0 amide bonds. The summed E-state index contributed by atoms with van der Waals surface area (Å²) in [4.78, 5) is 27.3. The van der Waals surface area contributed by atoms with E-state index < -0.39 is 18.4 Å². The predicted octanol–water partition coefficient (Wildman–Crippen LogP) is 3.60. The number of esters is 1. The Hall–Kier alpha value is -2.98. The highest BCUT2D eigenvalue weighted by Crippen LogP contribution is 2.46. The molecule has 2 aromatic rings. The number of ether oxygens (including phenoxy) is 1. The number of hydrogen-bond donors (Lipinski definition) is 0. The van der Waals surface area contributed by atoms with Crippen LogP contribution in [-0.2, 0) is 9.53 Å². The van der Waals surface area contributed by atoms with Crippen LogP contribution in [0.15, 0.2) is 50.2 Å². The average molecular weight is 368 g/mol. The number of benzene rings is 1. The van der Waals surface area contributed by atoms with Gasteiger partial charge in [-0.2, -0.15) is 5.26 Å². The van der Waals surface area contributed by atoms with Crippen molar-refractivity contribution in [3.05, 3.63) is 58.0 Å². The van der Waals surface area contributed by atoms with Gasteiger partial charge in [-0.15, -0.1) is 0 Å². The SMILES string of the molecule is Cc1cc(C(=O)OCC(=O)/C(C#N)=C2/Sc3ccccc3N2C)c(C)o1. The summed E-state index contributed by atoms with van der Waals surface area (Å²) in [5.41, 5.74) is 1.18.